The first-order valence-corrected chi connectivity index (χ1v) is 9.22. The number of nitriles is 1. The van der Waals surface area contributed by atoms with E-state index in [1.807, 2.05) is 6.08 Å². The van der Waals surface area contributed by atoms with E-state index in [4.69, 9.17) is 0 Å². The molecule has 0 N–H and O–H groups in total. The summed E-state index contributed by atoms with van der Waals surface area (Å²) in [7, 11) is 0. The molecule has 0 fully saturated rings. The molecule has 1 aliphatic rings. The van der Waals surface area contributed by atoms with Gasteiger partial charge in [-0.2, -0.15) is 5.26 Å². The number of rotatable bonds is 4. The molecule has 3 heterocycles. The van der Waals surface area contributed by atoms with Gasteiger partial charge in [-0.05, 0) is 50.3 Å². The number of hydrogen-bond acceptors (Lipinski definition) is 3. The van der Waals surface area contributed by atoms with Gasteiger partial charge in [0.05, 0.1) is 5.57 Å². The van der Waals surface area contributed by atoms with E-state index in [1.165, 1.54) is 17.8 Å². The molecule has 0 saturated carbocycles. The molecule has 2 aromatic rings. The maximum Gasteiger partial charge on any atom is 0.174 e. The fourth-order valence-electron chi connectivity index (χ4n) is 3.61. The monoisotopic (exact) mass is 337 g/mol. The number of nitrogens with zero attached hydrogens (tertiary/aromatic N) is 5. The molecule has 0 bridgehead atoms. The Hall–Kier alpha value is -2.35. The van der Waals surface area contributed by atoms with Crippen LogP contribution in [-0.2, 0) is 19.5 Å². The zero-order valence-electron chi connectivity index (χ0n) is 15.7. The van der Waals surface area contributed by atoms with E-state index in [9.17, 15) is 5.26 Å². The smallest absolute Gasteiger partial charge is 0.174 e. The Morgan fingerprint density at radius 1 is 1.28 bits per heavy atom. The first-order chi connectivity index (χ1) is 12.0. The zero-order chi connectivity index (χ0) is 18.0. The minimum absolute atomic E-state index is 0.587. The largest absolute Gasteiger partial charge is 0.348 e. The summed E-state index contributed by atoms with van der Waals surface area (Å²) in [6.07, 6.45) is 6.42. The number of aryl methyl sites for hydroxylation is 2. The fraction of sp³-hybridized carbons (Fsp3) is 0.550. The summed E-state index contributed by atoms with van der Waals surface area (Å²) >= 11 is 0. The van der Waals surface area contributed by atoms with Crippen molar-refractivity contribution in [2.24, 2.45) is 5.92 Å². The number of aromatic nitrogens is 4. The van der Waals surface area contributed by atoms with Gasteiger partial charge in [-0.3, -0.25) is 0 Å². The van der Waals surface area contributed by atoms with Crippen LogP contribution in [0.1, 0.15) is 61.7 Å². The summed E-state index contributed by atoms with van der Waals surface area (Å²) in [6, 6.07) is 4.51. The van der Waals surface area contributed by atoms with Gasteiger partial charge in [0.25, 0.3) is 0 Å². The van der Waals surface area contributed by atoms with Crippen LogP contribution in [0.4, 0.5) is 0 Å². The lowest BCUT2D eigenvalue weighted by Crippen LogP contribution is -2.07. The zero-order valence-corrected chi connectivity index (χ0v) is 15.7. The van der Waals surface area contributed by atoms with Crippen LogP contribution in [0.15, 0.2) is 6.07 Å². The Morgan fingerprint density at radius 2 is 2.08 bits per heavy atom. The molecule has 0 aromatic carbocycles. The van der Waals surface area contributed by atoms with Crippen molar-refractivity contribution in [2.45, 2.75) is 66.5 Å². The van der Waals surface area contributed by atoms with Gasteiger partial charge in [0, 0.05) is 30.9 Å². The van der Waals surface area contributed by atoms with Gasteiger partial charge in [0.1, 0.15) is 11.9 Å². The molecule has 0 amide bonds. The normalized spacial score (nSPS) is 15.1. The Labute approximate surface area is 150 Å². The lowest BCUT2D eigenvalue weighted by atomic mass is 10.1. The summed E-state index contributed by atoms with van der Waals surface area (Å²) in [4.78, 5) is 0. The second-order valence-corrected chi connectivity index (χ2v) is 7.40. The molecule has 0 atom stereocenters. The van der Waals surface area contributed by atoms with Crippen LogP contribution in [0, 0.1) is 31.1 Å². The summed E-state index contributed by atoms with van der Waals surface area (Å²) in [5.74, 6) is 2.32. The van der Waals surface area contributed by atoms with Crippen molar-refractivity contribution in [3.8, 4) is 6.07 Å². The van der Waals surface area contributed by atoms with Crippen molar-refractivity contribution in [1.29, 1.82) is 5.26 Å². The minimum Gasteiger partial charge on any atom is -0.348 e. The van der Waals surface area contributed by atoms with Crippen LogP contribution >= 0.6 is 0 Å². The molecular formula is C20H27N5. The molecule has 0 saturated heterocycles. The Kier molecular flexibility index (Phi) is 5.08. The predicted molar refractivity (Wildman–Crippen MR) is 99.8 cm³/mol. The van der Waals surface area contributed by atoms with Gasteiger partial charge < -0.3 is 9.13 Å². The van der Waals surface area contributed by atoms with Gasteiger partial charge in [-0.25, -0.2) is 0 Å². The molecule has 1 aliphatic heterocycles. The van der Waals surface area contributed by atoms with Crippen LogP contribution in [-0.4, -0.2) is 19.3 Å². The lowest BCUT2D eigenvalue weighted by molar-refractivity contribution is 0.509. The third-order valence-corrected chi connectivity index (χ3v) is 4.93. The molecule has 0 radical (unpaired) electrons. The standard InChI is InChI=1S/C20H27N5/c1-14(2)13-25-15(3)10-17(16(25)4)11-18(12-21)20-23-22-19-8-6-5-7-9-24(19)20/h10-11,14H,5-9,13H2,1-4H3/b18-11+. The van der Waals surface area contributed by atoms with Gasteiger partial charge in [0.15, 0.2) is 5.82 Å². The van der Waals surface area contributed by atoms with E-state index >= 15 is 0 Å². The fourth-order valence-corrected chi connectivity index (χ4v) is 3.61. The lowest BCUT2D eigenvalue weighted by Gasteiger charge is -2.12. The quantitative estimate of drug-likeness (QED) is 0.788. The second kappa shape index (κ2) is 7.26. The first-order valence-electron chi connectivity index (χ1n) is 9.22. The van der Waals surface area contributed by atoms with Crippen molar-refractivity contribution >= 4 is 11.6 Å². The molecule has 0 unspecified atom stereocenters. The highest BCUT2D eigenvalue weighted by Gasteiger charge is 2.18. The van der Waals surface area contributed by atoms with Crippen LogP contribution < -0.4 is 0 Å². The molecule has 5 nitrogen and oxygen atoms in total. The second-order valence-electron chi connectivity index (χ2n) is 7.40. The molecule has 0 spiro atoms. The highest BCUT2D eigenvalue weighted by molar-refractivity contribution is 5.87. The predicted octanol–water partition coefficient (Wildman–Crippen LogP) is 4.14. The van der Waals surface area contributed by atoms with Crippen LogP contribution in [0.25, 0.3) is 11.6 Å². The van der Waals surface area contributed by atoms with E-state index in [0.29, 0.717) is 17.3 Å². The molecular weight excluding hydrogens is 310 g/mol. The van der Waals surface area contributed by atoms with E-state index in [1.54, 1.807) is 0 Å². The van der Waals surface area contributed by atoms with E-state index in [0.717, 1.165) is 43.7 Å². The number of allylic oxidation sites excluding steroid dienone is 1. The molecule has 2 aromatic heterocycles. The van der Waals surface area contributed by atoms with E-state index < -0.39 is 0 Å². The summed E-state index contributed by atoms with van der Waals surface area (Å²) in [6.45, 7) is 10.6. The van der Waals surface area contributed by atoms with Gasteiger partial charge in [-0.1, -0.05) is 20.3 Å². The van der Waals surface area contributed by atoms with Gasteiger partial charge >= 0.3 is 0 Å². The van der Waals surface area contributed by atoms with Crippen LogP contribution in [0.2, 0.25) is 0 Å². The third-order valence-electron chi connectivity index (χ3n) is 4.93. The highest BCUT2D eigenvalue weighted by Crippen LogP contribution is 2.24. The van der Waals surface area contributed by atoms with Crippen LogP contribution in [0.5, 0.6) is 0 Å². The van der Waals surface area contributed by atoms with Crippen molar-refractivity contribution < 1.29 is 0 Å². The van der Waals surface area contributed by atoms with Crippen molar-refractivity contribution in [3.05, 3.63) is 34.7 Å². The van der Waals surface area contributed by atoms with E-state index in [-0.39, 0.29) is 0 Å². The molecule has 0 aliphatic carbocycles. The maximum atomic E-state index is 9.74. The Balaban J connectivity index is 2.00. The summed E-state index contributed by atoms with van der Waals surface area (Å²) < 4.78 is 4.46. The first kappa shape index (κ1) is 17.5. The maximum absolute atomic E-state index is 9.74. The van der Waals surface area contributed by atoms with Gasteiger partial charge in [0.2, 0.25) is 0 Å². The highest BCUT2D eigenvalue weighted by atomic mass is 15.3. The molecule has 3 rings (SSSR count). The molecule has 25 heavy (non-hydrogen) atoms. The summed E-state index contributed by atoms with van der Waals surface area (Å²) in [5, 5.41) is 18.4. The topological polar surface area (TPSA) is 59.4 Å². The molecule has 5 heteroatoms. The minimum atomic E-state index is 0.587. The van der Waals surface area contributed by atoms with E-state index in [2.05, 4.69) is 59.2 Å². The van der Waals surface area contributed by atoms with Gasteiger partial charge in [-0.15, -0.1) is 10.2 Å². The molecule has 132 valence electrons. The average molecular weight is 337 g/mol. The Bertz CT molecular complexity index is 829. The van der Waals surface area contributed by atoms with Crippen molar-refractivity contribution in [2.75, 3.05) is 0 Å². The SMILES string of the molecule is Cc1cc(/C=C(\C#N)c2nnc3n2CCCCC3)c(C)n1CC(C)C. The third kappa shape index (κ3) is 3.53. The number of fused-ring (bicyclic) bond motifs is 1. The average Bonchev–Trinajstić information content (AvgIpc) is 2.97. The van der Waals surface area contributed by atoms with Crippen molar-refractivity contribution in [3.63, 3.8) is 0 Å². The van der Waals surface area contributed by atoms with Crippen molar-refractivity contribution in [1.82, 2.24) is 19.3 Å². The Morgan fingerprint density at radius 3 is 2.80 bits per heavy atom. The number of hydrogen-bond donors (Lipinski definition) is 0. The van der Waals surface area contributed by atoms with Crippen LogP contribution in [0.3, 0.4) is 0 Å². The summed E-state index contributed by atoms with van der Waals surface area (Å²) in [5.41, 5.74) is 4.13.